The third-order valence-electron chi connectivity index (χ3n) is 5.17. The predicted molar refractivity (Wildman–Crippen MR) is 129 cm³/mol. The first-order chi connectivity index (χ1) is 14.5. The molecule has 0 saturated heterocycles. The van der Waals surface area contributed by atoms with Gasteiger partial charge in [0.2, 0.25) is 5.95 Å². The standard InChI is InChI=1S/C23H34N6S/c1-6-20(29(4)5)25-16-17-8-10-18(11-9-17)21-19-12-15-30-22(19)27-23(26-21)24-13-7-14-28(2)3/h8-12,15,20,25H,6-7,13-14,16H2,1-5H3,(H,24,26,27). The van der Waals surface area contributed by atoms with Crippen molar-refractivity contribution in [2.45, 2.75) is 32.5 Å². The van der Waals surface area contributed by atoms with Gasteiger partial charge in [-0.2, -0.15) is 0 Å². The molecule has 3 aromatic rings. The molecule has 3 rings (SSSR count). The molecule has 0 saturated carbocycles. The molecule has 30 heavy (non-hydrogen) atoms. The van der Waals surface area contributed by atoms with E-state index in [2.05, 4.69) is 91.3 Å². The summed E-state index contributed by atoms with van der Waals surface area (Å²) in [5, 5.41) is 10.2. The summed E-state index contributed by atoms with van der Waals surface area (Å²) >= 11 is 1.66. The Kier molecular flexibility index (Phi) is 8.16. The van der Waals surface area contributed by atoms with E-state index in [9.17, 15) is 0 Å². The van der Waals surface area contributed by atoms with Gasteiger partial charge in [0.1, 0.15) is 4.83 Å². The van der Waals surface area contributed by atoms with Crippen LogP contribution in [0.5, 0.6) is 0 Å². The minimum atomic E-state index is 0.387. The normalized spacial score (nSPS) is 12.8. The van der Waals surface area contributed by atoms with Crippen molar-refractivity contribution in [3.05, 3.63) is 41.3 Å². The zero-order valence-corrected chi connectivity index (χ0v) is 19.6. The van der Waals surface area contributed by atoms with Crippen LogP contribution in [0.2, 0.25) is 0 Å². The van der Waals surface area contributed by atoms with E-state index in [1.807, 2.05) is 0 Å². The number of fused-ring (bicyclic) bond motifs is 1. The van der Waals surface area contributed by atoms with Crippen molar-refractivity contribution in [1.29, 1.82) is 0 Å². The molecular weight excluding hydrogens is 392 g/mol. The molecule has 0 spiro atoms. The van der Waals surface area contributed by atoms with Crippen LogP contribution >= 0.6 is 11.3 Å². The van der Waals surface area contributed by atoms with E-state index in [4.69, 9.17) is 9.97 Å². The topological polar surface area (TPSA) is 56.3 Å². The molecule has 2 N–H and O–H groups in total. The number of anilines is 1. The summed E-state index contributed by atoms with van der Waals surface area (Å²) in [5.74, 6) is 0.709. The van der Waals surface area contributed by atoms with E-state index < -0.39 is 0 Å². The van der Waals surface area contributed by atoms with Crippen molar-refractivity contribution in [1.82, 2.24) is 25.1 Å². The molecule has 0 aliphatic heterocycles. The number of nitrogens with zero attached hydrogens (tertiary/aromatic N) is 4. The maximum absolute atomic E-state index is 4.85. The summed E-state index contributed by atoms with van der Waals surface area (Å²) in [4.78, 5) is 15.0. The summed E-state index contributed by atoms with van der Waals surface area (Å²) in [6, 6.07) is 10.8. The fourth-order valence-corrected chi connectivity index (χ4v) is 4.22. The van der Waals surface area contributed by atoms with E-state index in [1.165, 1.54) is 5.56 Å². The van der Waals surface area contributed by atoms with E-state index in [-0.39, 0.29) is 0 Å². The van der Waals surface area contributed by atoms with Gasteiger partial charge in [0.15, 0.2) is 0 Å². The Balaban J connectivity index is 1.74. The number of rotatable bonds is 11. The van der Waals surface area contributed by atoms with Crippen molar-refractivity contribution in [2.75, 3.05) is 46.6 Å². The third kappa shape index (κ3) is 5.98. The first-order valence-corrected chi connectivity index (χ1v) is 11.5. The summed E-state index contributed by atoms with van der Waals surface area (Å²) < 4.78 is 0. The highest BCUT2D eigenvalue weighted by Gasteiger charge is 2.12. The molecule has 1 atom stereocenters. The van der Waals surface area contributed by atoms with Gasteiger partial charge in [0, 0.05) is 24.0 Å². The van der Waals surface area contributed by atoms with Crippen molar-refractivity contribution < 1.29 is 0 Å². The molecule has 1 aromatic carbocycles. The van der Waals surface area contributed by atoms with Crippen LogP contribution in [0.1, 0.15) is 25.3 Å². The fourth-order valence-electron chi connectivity index (χ4n) is 3.46. The van der Waals surface area contributed by atoms with Gasteiger partial charge in [-0.1, -0.05) is 31.2 Å². The van der Waals surface area contributed by atoms with Crippen LogP contribution < -0.4 is 10.6 Å². The van der Waals surface area contributed by atoms with E-state index in [1.54, 1.807) is 11.3 Å². The Bertz CT molecular complexity index is 919. The van der Waals surface area contributed by atoms with Gasteiger partial charge in [0.05, 0.1) is 11.9 Å². The lowest BCUT2D eigenvalue weighted by molar-refractivity contribution is 0.237. The number of hydrogen-bond acceptors (Lipinski definition) is 7. The van der Waals surface area contributed by atoms with Crippen molar-refractivity contribution >= 4 is 27.5 Å². The van der Waals surface area contributed by atoms with Gasteiger partial charge in [0.25, 0.3) is 0 Å². The molecule has 2 heterocycles. The van der Waals surface area contributed by atoms with Crippen LogP contribution in [0.15, 0.2) is 35.7 Å². The van der Waals surface area contributed by atoms with Crippen LogP contribution in [0, 0.1) is 0 Å². The second-order valence-electron chi connectivity index (χ2n) is 8.08. The summed E-state index contributed by atoms with van der Waals surface area (Å²) in [5.41, 5.74) is 3.40. The Labute approximate surface area is 184 Å². The maximum atomic E-state index is 4.85. The van der Waals surface area contributed by atoms with E-state index >= 15 is 0 Å². The molecule has 0 aliphatic rings. The van der Waals surface area contributed by atoms with Crippen LogP contribution in [0.3, 0.4) is 0 Å². The van der Waals surface area contributed by atoms with E-state index in [0.29, 0.717) is 12.1 Å². The number of aromatic nitrogens is 2. The van der Waals surface area contributed by atoms with Gasteiger partial charge in [-0.15, -0.1) is 11.3 Å². The molecule has 0 aliphatic carbocycles. The van der Waals surface area contributed by atoms with Gasteiger partial charge in [-0.05, 0) is 64.6 Å². The Hall–Kier alpha value is -2.06. The molecule has 0 amide bonds. The predicted octanol–water partition coefficient (Wildman–Crippen LogP) is 4.11. The third-order valence-corrected chi connectivity index (χ3v) is 5.98. The summed E-state index contributed by atoms with van der Waals surface area (Å²) in [6.45, 7) is 4.97. The monoisotopic (exact) mass is 426 g/mol. The largest absolute Gasteiger partial charge is 0.354 e. The highest BCUT2D eigenvalue weighted by Crippen LogP contribution is 2.30. The van der Waals surface area contributed by atoms with Crippen molar-refractivity contribution in [3.63, 3.8) is 0 Å². The van der Waals surface area contributed by atoms with Crippen LogP contribution in [0.25, 0.3) is 21.5 Å². The molecule has 0 bridgehead atoms. The lowest BCUT2D eigenvalue weighted by Gasteiger charge is -2.24. The molecule has 0 radical (unpaired) electrons. The van der Waals surface area contributed by atoms with Gasteiger partial charge >= 0.3 is 0 Å². The first kappa shape index (κ1) is 22.6. The SMILES string of the molecule is CCC(NCc1ccc(-c2nc(NCCCN(C)C)nc3sccc23)cc1)N(C)C. The molecule has 1 unspecified atom stereocenters. The van der Waals surface area contributed by atoms with E-state index in [0.717, 1.165) is 53.9 Å². The number of nitrogens with one attached hydrogen (secondary N) is 2. The smallest absolute Gasteiger partial charge is 0.224 e. The average molecular weight is 427 g/mol. The Morgan fingerprint density at radius 2 is 1.80 bits per heavy atom. The second-order valence-corrected chi connectivity index (χ2v) is 8.98. The number of thiophene rings is 1. The molecular formula is C23H34N6S. The fraction of sp³-hybridized carbons (Fsp3) is 0.478. The number of benzene rings is 1. The molecule has 162 valence electrons. The van der Waals surface area contributed by atoms with Crippen LogP contribution in [0.4, 0.5) is 5.95 Å². The summed E-state index contributed by atoms with van der Waals surface area (Å²) in [6.07, 6.45) is 2.52. The minimum Gasteiger partial charge on any atom is -0.354 e. The number of hydrogen-bond donors (Lipinski definition) is 2. The minimum absolute atomic E-state index is 0.387. The average Bonchev–Trinajstić information content (AvgIpc) is 3.20. The molecule has 2 aromatic heterocycles. The van der Waals surface area contributed by atoms with Crippen molar-refractivity contribution in [3.8, 4) is 11.3 Å². The lowest BCUT2D eigenvalue weighted by atomic mass is 10.1. The summed E-state index contributed by atoms with van der Waals surface area (Å²) in [7, 11) is 8.40. The second kappa shape index (κ2) is 10.8. The molecule has 0 fully saturated rings. The molecule has 7 heteroatoms. The molecule has 6 nitrogen and oxygen atoms in total. The zero-order chi connectivity index (χ0) is 21.5. The zero-order valence-electron chi connectivity index (χ0n) is 18.8. The Morgan fingerprint density at radius 1 is 1.03 bits per heavy atom. The van der Waals surface area contributed by atoms with Crippen LogP contribution in [-0.2, 0) is 6.54 Å². The van der Waals surface area contributed by atoms with Gasteiger partial charge in [-0.25, -0.2) is 9.97 Å². The maximum Gasteiger partial charge on any atom is 0.224 e. The van der Waals surface area contributed by atoms with Crippen LogP contribution in [-0.4, -0.2) is 67.2 Å². The first-order valence-electron chi connectivity index (χ1n) is 10.6. The van der Waals surface area contributed by atoms with Crippen molar-refractivity contribution in [2.24, 2.45) is 0 Å². The highest BCUT2D eigenvalue weighted by molar-refractivity contribution is 7.16. The highest BCUT2D eigenvalue weighted by atomic mass is 32.1. The quantitative estimate of drug-likeness (QED) is 0.355. The van der Waals surface area contributed by atoms with Gasteiger partial charge in [-0.3, -0.25) is 10.2 Å². The lowest BCUT2D eigenvalue weighted by Crippen LogP contribution is -2.40. The Morgan fingerprint density at radius 3 is 2.47 bits per heavy atom. The van der Waals surface area contributed by atoms with Gasteiger partial charge < -0.3 is 10.2 Å².